The molecule has 0 aromatic carbocycles. The van der Waals surface area contributed by atoms with E-state index in [1.807, 2.05) is 6.92 Å². The first-order valence-corrected chi connectivity index (χ1v) is 7.80. The lowest BCUT2D eigenvalue weighted by molar-refractivity contribution is 0.145. The summed E-state index contributed by atoms with van der Waals surface area (Å²) < 4.78 is 5.31. The molecular formula is C15H34N4O. The van der Waals surface area contributed by atoms with Crippen molar-refractivity contribution in [1.29, 1.82) is 0 Å². The van der Waals surface area contributed by atoms with Crippen LogP contribution in [0, 0.1) is 0 Å². The lowest BCUT2D eigenvalue weighted by Gasteiger charge is -2.30. The van der Waals surface area contributed by atoms with Gasteiger partial charge < -0.3 is 15.4 Å². The van der Waals surface area contributed by atoms with Gasteiger partial charge in [-0.25, -0.2) is 0 Å². The SMILES string of the molecule is CCOCCCNC(=NC)NCCN(C(C)C)C(C)C. The number of hydrogen-bond donors (Lipinski definition) is 2. The van der Waals surface area contributed by atoms with Crippen LogP contribution in [0.3, 0.4) is 0 Å². The van der Waals surface area contributed by atoms with E-state index in [4.69, 9.17) is 4.74 Å². The molecule has 0 fully saturated rings. The van der Waals surface area contributed by atoms with Crippen LogP contribution in [0.4, 0.5) is 0 Å². The van der Waals surface area contributed by atoms with E-state index in [0.717, 1.165) is 45.2 Å². The Morgan fingerprint density at radius 2 is 1.70 bits per heavy atom. The van der Waals surface area contributed by atoms with Crippen LogP contribution in [0.2, 0.25) is 0 Å². The fourth-order valence-electron chi connectivity index (χ4n) is 2.16. The van der Waals surface area contributed by atoms with Gasteiger partial charge in [-0.2, -0.15) is 0 Å². The van der Waals surface area contributed by atoms with Gasteiger partial charge >= 0.3 is 0 Å². The van der Waals surface area contributed by atoms with Crippen molar-refractivity contribution in [3.63, 3.8) is 0 Å². The number of ether oxygens (including phenoxy) is 1. The topological polar surface area (TPSA) is 48.9 Å². The summed E-state index contributed by atoms with van der Waals surface area (Å²) >= 11 is 0. The summed E-state index contributed by atoms with van der Waals surface area (Å²) in [6, 6.07) is 1.14. The highest BCUT2D eigenvalue weighted by molar-refractivity contribution is 5.79. The van der Waals surface area contributed by atoms with Crippen molar-refractivity contribution in [2.75, 3.05) is 39.9 Å². The Hall–Kier alpha value is -0.810. The second kappa shape index (κ2) is 12.0. The summed E-state index contributed by atoms with van der Waals surface area (Å²) in [6.07, 6.45) is 0.999. The van der Waals surface area contributed by atoms with Crippen LogP contribution in [0.5, 0.6) is 0 Å². The first-order valence-electron chi connectivity index (χ1n) is 7.80. The van der Waals surface area contributed by atoms with E-state index in [-0.39, 0.29) is 0 Å². The minimum absolute atomic E-state index is 0.568. The molecule has 5 nitrogen and oxygen atoms in total. The molecule has 0 aliphatic carbocycles. The molecule has 20 heavy (non-hydrogen) atoms. The third-order valence-corrected chi connectivity index (χ3v) is 3.17. The molecule has 0 amide bonds. The van der Waals surface area contributed by atoms with E-state index in [1.165, 1.54) is 0 Å². The maximum absolute atomic E-state index is 5.31. The molecule has 0 saturated heterocycles. The van der Waals surface area contributed by atoms with Gasteiger partial charge in [0.1, 0.15) is 0 Å². The fourth-order valence-corrected chi connectivity index (χ4v) is 2.16. The molecule has 0 atom stereocenters. The van der Waals surface area contributed by atoms with Crippen molar-refractivity contribution >= 4 is 5.96 Å². The zero-order valence-corrected chi connectivity index (χ0v) is 14.2. The maximum Gasteiger partial charge on any atom is 0.191 e. The number of aliphatic imine (C=N–C) groups is 1. The van der Waals surface area contributed by atoms with Crippen molar-refractivity contribution < 1.29 is 4.74 Å². The predicted molar refractivity (Wildman–Crippen MR) is 87.5 cm³/mol. The normalized spacial score (nSPS) is 12.6. The van der Waals surface area contributed by atoms with Gasteiger partial charge in [-0.15, -0.1) is 0 Å². The Bertz CT molecular complexity index is 246. The molecule has 0 aromatic rings. The average Bonchev–Trinajstić information content (AvgIpc) is 2.39. The van der Waals surface area contributed by atoms with Gasteiger partial charge in [0.05, 0.1) is 0 Å². The van der Waals surface area contributed by atoms with Crippen molar-refractivity contribution in [1.82, 2.24) is 15.5 Å². The molecule has 2 N–H and O–H groups in total. The second-order valence-electron chi connectivity index (χ2n) is 5.40. The minimum atomic E-state index is 0.568. The lowest BCUT2D eigenvalue weighted by Crippen LogP contribution is -2.45. The first-order chi connectivity index (χ1) is 9.52. The molecule has 0 heterocycles. The van der Waals surface area contributed by atoms with Crippen molar-refractivity contribution in [3.8, 4) is 0 Å². The average molecular weight is 286 g/mol. The Morgan fingerprint density at radius 1 is 1.10 bits per heavy atom. The maximum atomic E-state index is 5.31. The van der Waals surface area contributed by atoms with Crippen molar-refractivity contribution in [2.24, 2.45) is 4.99 Å². The summed E-state index contributed by atoms with van der Waals surface area (Å²) in [5.74, 6) is 0.869. The summed E-state index contributed by atoms with van der Waals surface area (Å²) in [6.45, 7) is 15.4. The van der Waals surface area contributed by atoms with Crippen LogP contribution in [0.25, 0.3) is 0 Å². The molecule has 0 aliphatic heterocycles. The zero-order valence-electron chi connectivity index (χ0n) is 14.2. The molecular weight excluding hydrogens is 252 g/mol. The van der Waals surface area contributed by atoms with Crippen molar-refractivity contribution in [2.45, 2.75) is 53.1 Å². The largest absolute Gasteiger partial charge is 0.382 e. The van der Waals surface area contributed by atoms with Crippen LogP contribution < -0.4 is 10.6 Å². The third-order valence-electron chi connectivity index (χ3n) is 3.17. The van der Waals surface area contributed by atoms with Gasteiger partial charge in [-0.1, -0.05) is 0 Å². The summed E-state index contributed by atoms with van der Waals surface area (Å²) in [7, 11) is 1.81. The molecule has 0 saturated carbocycles. The molecule has 0 bridgehead atoms. The number of guanidine groups is 1. The van der Waals surface area contributed by atoms with Crippen LogP contribution in [-0.4, -0.2) is 62.8 Å². The highest BCUT2D eigenvalue weighted by Crippen LogP contribution is 2.03. The summed E-state index contributed by atoms with van der Waals surface area (Å²) in [4.78, 5) is 6.70. The lowest BCUT2D eigenvalue weighted by atomic mass is 10.2. The molecule has 5 heteroatoms. The Kier molecular flexibility index (Phi) is 11.5. The van der Waals surface area contributed by atoms with E-state index in [0.29, 0.717) is 12.1 Å². The molecule has 0 aliphatic rings. The van der Waals surface area contributed by atoms with Crippen molar-refractivity contribution in [3.05, 3.63) is 0 Å². The van der Waals surface area contributed by atoms with E-state index in [1.54, 1.807) is 7.05 Å². The highest BCUT2D eigenvalue weighted by atomic mass is 16.5. The molecule has 0 aromatic heterocycles. The van der Waals surface area contributed by atoms with Gasteiger partial charge in [0.15, 0.2) is 5.96 Å². The first kappa shape index (κ1) is 19.2. The standard InChI is InChI=1S/C15H34N4O/c1-7-20-12-8-9-17-15(16-6)18-10-11-19(13(2)3)14(4)5/h13-14H,7-12H2,1-6H3,(H2,16,17,18). The smallest absolute Gasteiger partial charge is 0.191 e. The predicted octanol–water partition coefficient (Wildman–Crippen LogP) is 1.70. The molecule has 0 spiro atoms. The quantitative estimate of drug-likeness (QED) is 0.364. The number of rotatable bonds is 10. The minimum Gasteiger partial charge on any atom is -0.382 e. The van der Waals surface area contributed by atoms with E-state index < -0.39 is 0 Å². The fraction of sp³-hybridized carbons (Fsp3) is 0.933. The van der Waals surface area contributed by atoms with Gasteiger partial charge in [0.2, 0.25) is 0 Å². The summed E-state index contributed by atoms with van der Waals surface area (Å²) in [5, 5.41) is 6.66. The van der Waals surface area contributed by atoms with E-state index in [9.17, 15) is 0 Å². The highest BCUT2D eigenvalue weighted by Gasteiger charge is 2.12. The summed E-state index contributed by atoms with van der Waals surface area (Å²) in [5.41, 5.74) is 0. The number of nitrogens with zero attached hydrogens (tertiary/aromatic N) is 2. The monoisotopic (exact) mass is 286 g/mol. The third kappa shape index (κ3) is 9.15. The Balaban J connectivity index is 3.84. The van der Waals surface area contributed by atoms with Crippen LogP contribution in [-0.2, 0) is 4.74 Å². The Morgan fingerprint density at radius 3 is 2.20 bits per heavy atom. The number of nitrogens with one attached hydrogen (secondary N) is 2. The van der Waals surface area contributed by atoms with E-state index in [2.05, 4.69) is 48.2 Å². The molecule has 0 rings (SSSR count). The molecule has 120 valence electrons. The van der Waals surface area contributed by atoms with Crippen LogP contribution >= 0.6 is 0 Å². The van der Waals surface area contributed by atoms with E-state index >= 15 is 0 Å². The van der Waals surface area contributed by atoms with Gasteiger partial charge in [0, 0.05) is 52.0 Å². The van der Waals surface area contributed by atoms with Gasteiger partial charge in [0.25, 0.3) is 0 Å². The van der Waals surface area contributed by atoms with Crippen LogP contribution in [0.15, 0.2) is 4.99 Å². The molecule has 0 radical (unpaired) electrons. The van der Waals surface area contributed by atoms with Crippen LogP contribution in [0.1, 0.15) is 41.0 Å². The van der Waals surface area contributed by atoms with Gasteiger partial charge in [-0.05, 0) is 41.0 Å². The zero-order chi connectivity index (χ0) is 15.4. The molecule has 0 unspecified atom stereocenters. The number of hydrogen-bond acceptors (Lipinski definition) is 3. The Labute approximate surface area is 125 Å². The second-order valence-corrected chi connectivity index (χ2v) is 5.40. The van der Waals surface area contributed by atoms with Gasteiger partial charge in [-0.3, -0.25) is 9.89 Å².